The lowest BCUT2D eigenvalue weighted by Crippen LogP contribution is -2.24. The average Bonchev–Trinajstić information content (AvgIpc) is 3.53. The Balaban J connectivity index is 1.38. The van der Waals surface area contributed by atoms with Crippen LogP contribution in [0.5, 0.6) is 5.75 Å². The number of rotatable bonds is 8. The number of thioether (sulfide) groups is 1. The standard InChI is InChI=1S/C24H27FN4OS/c1-16(20-12-17-8-9-19(20)11-17)29-23(14-30-22-7-3-2-6-21(22)25)27-28-24(29)31-15-18-5-4-10-26-13-18/h2-7,10,13,16-17,19-20H,8-9,11-12,14-15H2,1H3/t16-,17-,19-,20-/m0/s1. The van der Waals surface area contributed by atoms with Gasteiger partial charge in [0, 0.05) is 24.2 Å². The molecule has 2 heterocycles. The molecule has 2 bridgehead atoms. The maximum absolute atomic E-state index is 14.0. The summed E-state index contributed by atoms with van der Waals surface area (Å²) in [5, 5.41) is 9.85. The van der Waals surface area contributed by atoms with E-state index in [4.69, 9.17) is 4.74 Å². The molecule has 0 aliphatic heterocycles. The number of benzene rings is 1. The molecule has 162 valence electrons. The SMILES string of the molecule is C[C@@H]([C@@H]1C[C@H]2CC[C@H]1C2)n1c(COc2ccccc2F)nnc1SCc1cccnc1. The van der Waals surface area contributed by atoms with Crippen molar-refractivity contribution in [2.75, 3.05) is 0 Å². The van der Waals surface area contributed by atoms with Crippen molar-refractivity contribution in [1.29, 1.82) is 0 Å². The first kappa shape index (κ1) is 20.5. The fourth-order valence-corrected chi connectivity index (χ4v) is 6.30. The van der Waals surface area contributed by atoms with Gasteiger partial charge in [-0.25, -0.2) is 4.39 Å². The van der Waals surface area contributed by atoms with Gasteiger partial charge in [0.25, 0.3) is 0 Å². The Labute approximate surface area is 186 Å². The summed E-state index contributed by atoms with van der Waals surface area (Å²) in [5.41, 5.74) is 1.15. The number of pyridine rings is 1. The Morgan fingerprint density at radius 2 is 2.06 bits per heavy atom. The van der Waals surface area contributed by atoms with E-state index in [-0.39, 0.29) is 18.2 Å². The van der Waals surface area contributed by atoms with Crippen LogP contribution in [-0.2, 0) is 12.4 Å². The molecular weight excluding hydrogens is 411 g/mol. The zero-order chi connectivity index (χ0) is 21.2. The quantitative estimate of drug-likeness (QED) is 0.424. The van der Waals surface area contributed by atoms with E-state index in [2.05, 4.69) is 32.7 Å². The zero-order valence-electron chi connectivity index (χ0n) is 17.7. The minimum atomic E-state index is -0.360. The van der Waals surface area contributed by atoms with Crippen molar-refractivity contribution in [3.8, 4) is 5.75 Å². The molecule has 4 atom stereocenters. The van der Waals surface area contributed by atoms with E-state index in [1.165, 1.54) is 31.7 Å². The van der Waals surface area contributed by atoms with Crippen molar-refractivity contribution in [2.24, 2.45) is 17.8 Å². The van der Waals surface area contributed by atoms with E-state index in [0.717, 1.165) is 34.1 Å². The monoisotopic (exact) mass is 438 g/mol. The van der Waals surface area contributed by atoms with Gasteiger partial charge in [-0.15, -0.1) is 10.2 Å². The average molecular weight is 439 g/mol. The van der Waals surface area contributed by atoms with Crippen LogP contribution >= 0.6 is 11.8 Å². The molecule has 2 aromatic heterocycles. The number of nitrogens with zero attached hydrogens (tertiary/aromatic N) is 4. The van der Waals surface area contributed by atoms with Gasteiger partial charge < -0.3 is 4.74 Å². The maximum Gasteiger partial charge on any atom is 0.191 e. The molecule has 0 amide bonds. The lowest BCUT2D eigenvalue weighted by atomic mass is 9.84. The second kappa shape index (κ2) is 8.99. The van der Waals surface area contributed by atoms with Crippen LogP contribution in [0.1, 0.15) is 50.0 Å². The van der Waals surface area contributed by atoms with E-state index in [9.17, 15) is 4.39 Å². The summed E-state index contributed by atoms with van der Waals surface area (Å²) in [6.45, 7) is 2.49. The van der Waals surface area contributed by atoms with Crippen molar-refractivity contribution in [1.82, 2.24) is 19.7 Å². The van der Waals surface area contributed by atoms with Crippen molar-refractivity contribution in [2.45, 2.75) is 56.2 Å². The van der Waals surface area contributed by atoms with Gasteiger partial charge in [0.2, 0.25) is 0 Å². The van der Waals surface area contributed by atoms with Gasteiger partial charge in [0.15, 0.2) is 22.5 Å². The molecule has 0 spiro atoms. The molecule has 0 N–H and O–H groups in total. The number of hydrogen-bond donors (Lipinski definition) is 0. The summed E-state index contributed by atoms with van der Waals surface area (Å²) in [4.78, 5) is 4.21. The van der Waals surface area contributed by atoms with Gasteiger partial charge in [0.1, 0.15) is 6.61 Å². The van der Waals surface area contributed by atoms with E-state index in [1.54, 1.807) is 36.2 Å². The molecule has 3 aromatic rings. The number of ether oxygens (including phenoxy) is 1. The van der Waals surface area contributed by atoms with Gasteiger partial charge in [-0.1, -0.05) is 36.4 Å². The van der Waals surface area contributed by atoms with E-state index in [1.807, 2.05) is 12.3 Å². The van der Waals surface area contributed by atoms with E-state index >= 15 is 0 Å². The highest BCUT2D eigenvalue weighted by atomic mass is 32.2. The van der Waals surface area contributed by atoms with E-state index < -0.39 is 0 Å². The molecule has 7 heteroatoms. The molecule has 2 saturated carbocycles. The molecule has 0 saturated heterocycles. The molecule has 0 radical (unpaired) electrons. The fourth-order valence-electron chi connectivity index (χ4n) is 5.33. The number of hydrogen-bond acceptors (Lipinski definition) is 5. The van der Waals surface area contributed by atoms with Gasteiger partial charge in [-0.05, 0) is 67.7 Å². The lowest BCUT2D eigenvalue weighted by Gasteiger charge is -2.30. The first-order chi connectivity index (χ1) is 15.2. The first-order valence-electron chi connectivity index (χ1n) is 11.0. The summed E-state index contributed by atoms with van der Waals surface area (Å²) in [6, 6.07) is 10.8. The van der Waals surface area contributed by atoms with Gasteiger partial charge in [-0.3, -0.25) is 9.55 Å². The van der Waals surface area contributed by atoms with Crippen molar-refractivity contribution >= 4 is 11.8 Å². The third-order valence-electron chi connectivity index (χ3n) is 6.84. The second-order valence-electron chi connectivity index (χ2n) is 8.72. The molecule has 31 heavy (non-hydrogen) atoms. The Hall–Kier alpha value is -2.41. The highest BCUT2D eigenvalue weighted by Crippen LogP contribution is 2.52. The van der Waals surface area contributed by atoms with Crippen LogP contribution in [0.4, 0.5) is 4.39 Å². The molecule has 5 rings (SSSR count). The molecular formula is C24H27FN4OS. The van der Waals surface area contributed by atoms with Gasteiger partial charge >= 0.3 is 0 Å². The van der Waals surface area contributed by atoms with Crippen molar-refractivity contribution in [3.05, 3.63) is 66.0 Å². The summed E-state index contributed by atoms with van der Waals surface area (Å²) >= 11 is 1.67. The van der Waals surface area contributed by atoms with Crippen molar-refractivity contribution in [3.63, 3.8) is 0 Å². The minimum absolute atomic E-state index is 0.201. The number of halogens is 1. The topological polar surface area (TPSA) is 52.8 Å². The van der Waals surface area contributed by atoms with Crippen LogP contribution in [0.3, 0.4) is 0 Å². The largest absolute Gasteiger partial charge is 0.483 e. The Bertz CT molecular complexity index is 1030. The Morgan fingerprint density at radius 3 is 2.81 bits per heavy atom. The third-order valence-corrected chi connectivity index (χ3v) is 7.85. The van der Waals surface area contributed by atoms with E-state index in [0.29, 0.717) is 12.0 Å². The predicted molar refractivity (Wildman–Crippen MR) is 118 cm³/mol. The molecule has 1 aromatic carbocycles. The Morgan fingerprint density at radius 1 is 1.16 bits per heavy atom. The molecule has 2 fully saturated rings. The van der Waals surface area contributed by atoms with Crippen molar-refractivity contribution < 1.29 is 9.13 Å². The second-order valence-corrected chi connectivity index (χ2v) is 9.66. The lowest BCUT2D eigenvalue weighted by molar-refractivity contribution is 0.215. The van der Waals surface area contributed by atoms with Crippen LogP contribution in [0.2, 0.25) is 0 Å². The maximum atomic E-state index is 14.0. The van der Waals surface area contributed by atoms with Crippen LogP contribution in [0.15, 0.2) is 53.9 Å². The van der Waals surface area contributed by atoms with Crippen LogP contribution in [0.25, 0.3) is 0 Å². The smallest absolute Gasteiger partial charge is 0.191 e. The summed E-state index contributed by atoms with van der Waals surface area (Å²) in [7, 11) is 0. The van der Waals surface area contributed by atoms with Gasteiger partial charge in [0.05, 0.1) is 0 Å². The number of fused-ring (bicyclic) bond motifs is 2. The fraction of sp³-hybridized carbons (Fsp3) is 0.458. The van der Waals surface area contributed by atoms with Gasteiger partial charge in [-0.2, -0.15) is 0 Å². The molecule has 0 unspecified atom stereocenters. The van der Waals surface area contributed by atoms with Crippen LogP contribution < -0.4 is 4.74 Å². The summed E-state index contributed by atoms with van der Waals surface area (Å²) < 4.78 is 22.1. The number of para-hydroxylation sites is 1. The summed E-state index contributed by atoms with van der Waals surface area (Å²) in [6.07, 6.45) is 9.02. The Kier molecular flexibility index (Phi) is 5.94. The highest BCUT2D eigenvalue weighted by molar-refractivity contribution is 7.98. The normalized spacial score (nSPS) is 23.2. The van der Waals surface area contributed by atoms with Crippen LogP contribution in [-0.4, -0.2) is 19.7 Å². The molecule has 5 nitrogen and oxygen atoms in total. The molecule has 2 aliphatic carbocycles. The first-order valence-corrected chi connectivity index (χ1v) is 12.0. The number of aromatic nitrogens is 4. The predicted octanol–water partition coefficient (Wildman–Crippen LogP) is 5.68. The summed E-state index contributed by atoms with van der Waals surface area (Å²) in [5.74, 6) is 3.73. The zero-order valence-corrected chi connectivity index (χ0v) is 18.5. The third kappa shape index (κ3) is 4.33. The molecule has 2 aliphatic rings. The minimum Gasteiger partial charge on any atom is -0.483 e. The van der Waals surface area contributed by atoms with Crippen LogP contribution in [0, 0.1) is 23.6 Å². The highest BCUT2D eigenvalue weighted by Gasteiger charge is 2.43.